The molecule has 0 aromatic carbocycles. The molecule has 0 bridgehead atoms. The highest BCUT2D eigenvalue weighted by Gasteiger charge is 2.27. The lowest BCUT2D eigenvalue weighted by Crippen LogP contribution is -2.41. The summed E-state index contributed by atoms with van der Waals surface area (Å²) in [6.07, 6.45) is 8.19. The van der Waals surface area contributed by atoms with E-state index in [9.17, 15) is 19.2 Å². The van der Waals surface area contributed by atoms with Crippen molar-refractivity contribution in [2.24, 2.45) is 11.8 Å². The third-order valence-corrected chi connectivity index (χ3v) is 4.95. The average molecular weight is 380 g/mol. The molecule has 2 aliphatic carbocycles. The molecule has 1 aromatic rings. The van der Waals surface area contributed by atoms with Gasteiger partial charge in [-0.2, -0.15) is 4.98 Å². The summed E-state index contributed by atoms with van der Waals surface area (Å²) < 4.78 is 13.7. The summed E-state index contributed by atoms with van der Waals surface area (Å²) in [5.74, 6) is -0.956. The van der Waals surface area contributed by atoms with Gasteiger partial charge in [0.15, 0.2) is 11.6 Å². The number of carbonyl (C=O) groups is 2. The van der Waals surface area contributed by atoms with Gasteiger partial charge in [0.2, 0.25) is 18.3 Å². The maximum Gasteiger partial charge on any atom is 0.243 e. The zero-order valence-electron chi connectivity index (χ0n) is 15.0. The predicted molar refractivity (Wildman–Crippen MR) is 95.0 cm³/mol. The minimum Gasteiger partial charge on any atom is -0.365 e. The van der Waals surface area contributed by atoms with E-state index in [0.717, 1.165) is 44.7 Å². The minimum atomic E-state index is -0.569. The molecule has 2 fully saturated rings. The fraction of sp³-hybridized carbons (Fsp3) is 0.647. The molecular weight excluding hydrogens is 355 g/mol. The van der Waals surface area contributed by atoms with Gasteiger partial charge >= 0.3 is 0 Å². The van der Waals surface area contributed by atoms with Gasteiger partial charge < -0.3 is 5.32 Å². The Labute approximate surface area is 156 Å². The van der Waals surface area contributed by atoms with E-state index in [2.05, 4.69) is 26.1 Å². The van der Waals surface area contributed by atoms with Gasteiger partial charge in [-0.15, -0.1) is 0 Å². The maximum absolute atomic E-state index is 13.7. The van der Waals surface area contributed by atoms with Gasteiger partial charge in [0.25, 0.3) is 0 Å². The van der Waals surface area contributed by atoms with Crippen LogP contribution in [0.5, 0.6) is 0 Å². The molecule has 10 heteroatoms. The monoisotopic (exact) mass is 380 g/mol. The highest BCUT2D eigenvalue weighted by atomic mass is 19.1. The maximum atomic E-state index is 13.7. The van der Waals surface area contributed by atoms with Crippen LogP contribution in [0.2, 0.25) is 0 Å². The number of halogens is 1. The summed E-state index contributed by atoms with van der Waals surface area (Å²) in [6, 6.07) is 0.228. The SMILES string of the molecule is O=CN(O)C[C@@H](CC1CCCC1)C(=O)NNc1ncc(F)c(NC2CC2)n1. The molecule has 4 N–H and O–H groups in total. The Morgan fingerprint density at radius 2 is 2.11 bits per heavy atom. The summed E-state index contributed by atoms with van der Waals surface area (Å²) in [7, 11) is 0. The van der Waals surface area contributed by atoms with E-state index in [1.807, 2.05) is 0 Å². The van der Waals surface area contributed by atoms with E-state index < -0.39 is 11.7 Å². The summed E-state index contributed by atoms with van der Waals surface area (Å²) in [6.45, 7) is -0.0910. The fourth-order valence-electron chi connectivity index (χ4n) is 3.35. The molecule has 27 heavy (non-hydrogen) atoms. The number of carbonyl (C=O) groups excluding carboxylic acids is 2. The number of hydrogen-bond acceptors (Lipinski definition) is 7. The van der Waals surface area contributed by atoms with E-state index in [0.29, 0.717) is 17.4 Å². The Morgan fingerprint density at radius 3 is 2.78 bits per heavy atom. The van der Waals surface area contributed by atoms with Crippen molar-refractivity contribution < 1.29 is 19.2 Å². The van der Waals surface area contributed by atoms with Gasteiger partial charge in [0.1, 0.15) is 0 Å². The third kappa shape index (κ3) is 5.75. The number of hydrazine groups is 1. The molecular formula is C17H25FN6O3. The molecule has 0 unspecified atom stereocenters. The van der Waals surface area contributed by atoms with Crippen molar-refractivity contribution in [2.75, 3.05) is 17.3 Å². The van der Waals surface area contributed by atoms with E-state index in [-0.39, 0.29) is 36.7 Å². The van der Waals surface area contributed by atoms with Crippen molar-refractivity contribution in [3.8, 4) is 0 Å². The lowest BCUT2D eigenvalue weighted by atomic mass is 9.92. The number of rotatable bonds is 10. The number of hydroxylamine groups is 2. The zero-order chi connectivity index (χ0) is 19.2. The van der Waals surface area contributed by atoms with E-state index in [4.69, 9.17) is 0 Å². The Kier molecular flexibility index (Phi) is 6.38. The van der Waals surface area contributed by atoms with Crippen LogP contribution in [0.4, 0.5) is 16.2 Å². The van der Waals surface area contributed by atoms with Crippen molar-refractivity contribution in [3.05, 3.63) is 12.0 Å². The Bertz CT molecular complexity index is 666. The number of hydrogen-bond donors (Lipinski definition) is 4. The molecule has 2 saturated carbocycles. The van der Waals surface area contributed by atoms with Crippen LogP contribution in [0.15, 0.2) is 6.20 Å². The minimum absolute atomic E-state index is 0.0590. The molecule has 2 amide bonds. The normalized spacial score (nSPS) is 18.0. The van der Waals surface area contributed by atoms with Crippen LogP contribution >= 0.6 is 0 Å². The molecule has 0 radical (unpaired) electrons. The molecule has 0 aliphatic heterocycles. The molecule has 1 heterocycles. The van der Waals surface area contributed by atoms with Crippen LogP contribution in [0.3, 0.4) is 0 Å². The summed E-state index contributed by atoms with van der Waals surface area (Å²) >= 11 is 0. The molecule has 148 valence electrons. The van der Waals surface area contributed by atoms with Crippen molar-refractivity contribution in [2.45, 2.75) is 51.0 Å². The van der Waals surface area contributed by atoms with Gasteiger partial charge in [0.05, 0.1) is 18.7 Å². The van der Waals surface area contributed by atoms with Gasteiger partial charge in [0, 0.05) is 6.04 Å². The highest BCUT2D eigenvalue weighted by Crippen LogP contribution is 2.30. The first kappa shape index (κ1) is 19.3. The van der Waals surface area contributed by atoms with Crippen LogP contribution in [-0.2, 0) is 9.59 Å². The molecule has 1 atom stereocenters. The van der Waals surface area contributed by atoms with Crippen LogP contribution in [0.1, 0.15) is 44.9 Å². The molecule has 0 spiro atoms. The van der Waals surface area contributed by atoms with Gasteiger partial charge in [-0.1, -0.05) is 25.7 Å². The molecule has 9 nitrogen and oxygen atoms in total. The predicted octanol–water partition coefficient (Wildman–Crippen LogP) is 1.68. The first-order valence-electron chi connectivity index (χ1n) is 9.31. The summed E-state index contributed by atoms with van der Waals surface area (Å²) in [5.41, 5.74) is 5.09. The number of amides is 2. The number of nitrogens with one attached hydrogen (secondary N) is 3. The second kappa shape index (κ2) is 8.94. The molecule has 3 rings (SSSR count). The molecule has 1 aromatic heterocycles. The summed E-state index contributed by atoms with van der Waals surface area (Å²) in [4.78, 5) is 31.1. The Hall–Kier alpha value is -2.49. The van der Waals surface area contributed by atoms with E-state index >= 15 is 0 Å². The number of anilines is 2. The fourth-order valence-corrected chi connectivity index (χ4v) is 3.35. The first-order valence-corrected chi connectivity index (χ1v) is 9.31. The smallest absolute Gasteiger partial charge is 0.243 e. The van der Waals surface area contributed by atoms with Crippen molar-refractivity contribution in [1.82, 2.24) is 20.5 Å². The Morgan fingerprint density at radius 1 is 1.37 bits per heavy atom. The van der Waals surface area contributed by atoms with Gasteiger partial charge in [-0.25, -0.2) is 14.4 Å². The second-order valence-corrected chi connectivity index (χ2v) is 7.23. The number of aromatic nitrogens is 2. The van der Waals surface area contributed by atoms with Crippen molar-refractivity contribution in [1.29, 1.82) is 0 Å². The van der Waals surface area contributed by atoms with Crippen molar-refractivity contribution >= 4 is 24.1 Å². The van der Waals surface area contributed by atoms with Crippen LogP contribution in [-0.4, -0.2) is 45.1 Å². The quantitative estimate of drug-likeness (QED) is 0.277. The van der Waals surface area contributed by atoms with E-state index in [1.54, 1.807) is 0 Å². The highest BCUT2D eigenvalue weighted by molar-refractivity contribution is 5.80. The first-order chi connectivity index (χ1) is 13.0. The van der Waals surface area contributed by atoms with Crippen LogP contribution < -0.4 is 16.2 Å². The lowest BCUT2D eigenvalue weighted by Gasteiger charge is -2.22. The topological polar surface area (TPSA) is 119 Å². The van der Waals surface area contributed by atoms with Crippen LogP contribution in [0, 0.1) is 17.7 Å². The second-order valence-electron chi connectivity index (χ2n) is 7.23. The Balaban J connectivity index is 1.57. The summed E-state index contributed by atoms with van der Waals surface area (Å²) in [5, 5.41) is 12.9. The lowest BCUT2D eigenvalue weighted by molar-refractivity contribution is -0.154. The largest absolute Gasteiger partial charge is 0.365 e. The molecule has 2 aliphatic rings. The van der Waals surface area contributed by atoms with Crippen molar-refractivity contribution in [3.63, 3.8) is 0 Å². The van der Waals surface area contributed by atoms with Crippen LogP contribution in [0.25, 0.3) is 0 Å². The van der Waals surface area contributed by atoms with Gasteiger partial charge in [-0.3, -0.25) is 25.6 Å². The number of nitrogens with zero attached hydrogens (tertiary/aromatic N) is 3. The molecule has 0 saturated heterocycles. The van der Waals surface area contributed by atoms with Gasteiger partial charge in [-0.05, 0) is 25.2 Å². The zero-order valence-corrected chi connectivity index (χ0v) is 15.0. The standard InChI is InChI=1S/C17H25FN6O3/c18-14-8-19-17(21-15(14)20-13-5-6-13)23-22-16(26)12(9-24(27)10-25)7-11-3-1-2-4-11/h8,10-13,27H,1-7,9H2,(H,22,26)(H2,19,20,21,23)/t12-/m1/s1. The average Bonchev–Trinajstić information content (AvgIpc) is 3.33. The van der Waals surface area contributed by atoms with E-state index in [1.165, 1.54) is 0 Å². The third-order valence-electron chi connectivity index (χ3n) is 4.95.